The Labute approximate surface area is 96.4 Å². The largest absolute Gasteiger partial charge is 0.469 e. The zero-order chi connectivity index (χ0) is 11.1. The second kappa shape index (κ2) is 7.15. The first kappa shape index (κ1) is 13.8. The highest BCUT2D eigenvalue weighted by molar-refractivity contribution is 6.48. The van der Waals surface area contributed by atoms with Crippen molar-refractivity contribution >= 4 is 46.7 Å². The molecule has 0 spiro atoms. The van der Waals surface area contributed by atoms with E-state index in [2.05, 4.69) is 9.47 Å². The van der Waals surface area contributed by atoms with Crippen molar-refractivity contribution in [1.82, 2.24) is 0 Å². The average molecular weight is 264 g/mol. The molecule has 0 aliphatic carbocycles. The lowest BCUT2D eigenvalue weighted by molar-refractivity contribution is -0.149. The van der Waals surface area contributed by atoms with E-state index in [1.54, 1.807) is 0 Å². The highest BCUT2D eigenvalue weighted by Gasteiger charge is 2.18. The molecule has 0 aliphatic rings. The summed E-state index contributed by atoms with van der Waals surface area (Å²) in [6.07, 6.45) is -0.176. The fourth-order valence-electron chi connectivity index (χ4n) is 0.542. The van der Waals surface area contributed by atoms with Crippen LogP contribution in [0.3, 0.4) is 0 Å². The van der Waals surface area contributed by atoms with Gasteiger partial charge in [-0.1, -0.05) is 34.8 Å². The third-order valence-corrected chi connectivity index (χ3v) is 2.26. The fraction of sp³-hybridized carbons (Fsp3) is 0.714. The molecule has 0 rings (SSSR count). The maximum absolute atomic E-state index is 10.9. The summed E-state index contributed by atoms with van der Waals surface area (Å²) in [6.45, 7) is 0. The Bertz CT molecular complexity index is 207. The second-order valence-corrected chi connectivity index (χ2v) is 3.85. The summed E-state index contributed by atoms with van der Waals surface area (Å²) in [6, 6.07) is 0. The van der Waals surface area contributed by atoms with Gasteiger partial charge in [0.15, 0.2) is 4.84 Å². The molecule has 0 aliphatic heterocycles. The van der Waals surface area contributed by atoms with E-state index in [9.17, 15) is 9.59 Å². The van der Waals surface area contributed by atoms with E-state index in [0.717, 1.165) is 0 Å². The maximum Gasteiger partial charge on any atom is 0.307 e. The highest BCUT2D eigenvalue weighted by Crippen LogP contribution is 2.16. The summed E-state index contributed by atoms with van der Waals surface area (Å²) in [5.41, 5.74) is -1.11. The standard InChI is InChI=1S/C7H9Cl3O4/c1-13-4(11)2-3-5(12)14-7(10)6(8)9/h6-7H,2-3H2,1H3. The lowest BCUT2D eigenvalue weighted by Crippen LogP contribution is -2.19. The molecule has 0 amide bonds. The van der Waals surface area contributed by atoms with Crippen LogP contribution >= 0.6 is 34.8 Å². The lowest BCUT2D eigenvalue weighted by Gasteiger charge is -2.10. The zero-order valence-electron chi connectivity index (χ0n) is 7.34. The van der Waals surface area contributed by atoms with Crippen molar-refractivity contribution in [2.75, 3.05) is 7.11 Å². The zero-order valence-corrected chi connectivity index (χ0v) is 9.60. The second-order valence-electron chi connectivity index (χ2n) is 2.25. The van der Waals surface area contributed by atoms with Gasteiger partial charge in [-0.15, -0.1) is 0 Å². The quantitative estimate of drug-likeness (QED) is 0.561. The van der Waals surface area contributed by atoms with E-state index in [0.29, 0.717) is 0 Å². The third-order valence-electron chi connectivity index (χ3n) is 1.20. The molecular formula is C7H9Cl3O4. The molecule has 0 N–H and O–H groups in total. The van der Waals surface area contributed by atoms with Crippen LogP contribution in [0.2, 0.25) is 0 Å². The molecule has 0 heterocycles. The van der Waals surface area contributed by atoms with Gasteiger partial charge in [0.25, 0.3) is 0 Å². The Balaban J connectivity index is 3.71. The van der Waals surface area contributed by atoms with E-state index < -0.39 is 22.3 Å². The summed E-state index contributed by atoms with van der Waals surface area (Å²) < 4.78 is 8.88. The molecule has 1 unspecified atom stereocenters. The Morgan fingerprint density at radius 3 is 2.07 bits per heavy atom. The van der Waals surface area contributed by atoms with Gasteiger partial charge in [-0.3, -0.25) is 9.59 Å². The highest BCUT2D eigenvalue weighted by atomic mass is 35.5. The molecule has 1 atom stereocenters. The molecular weight excluding hydrogens is 254 g/mol. The van der Waals surface area contributed by atoms with Crippen molar-refractivity contribution in [2.24, 2.45) is 0 Å². The van der Waals surface area contributed by atoms with Gasteiger partial charge in [0.1, 0.15) is 0 Å². The predicted molar refractivity (Wildman–Crippen MR) is 52.5 cm³/mol. The monoisotopic (exact) mass is 262 g/mol. The van der Waals surface area contributed by atoms with Crippen molar-refractivity contribution in [2.45, 2.75) is 23.2 Å². The Morgan fingerprint density at radius 1 is 1.14 bits per heavy atom. The Hall–Kier alpha value is -0.190. The first-order valence-corrected chi connectivity index (χ1v) is 4.96. The van der Waals surface area contributed by atoms with E-state index in [-0.39, 0.29) is 12.8 Å². The van der Waals surface area contributed by atoms with E-state index in [4.69, 9.17) is 34.8 Å². The molecule has 0 aromatic rings. The fourth-order valence-corrected chi connectivity index (χ4v) is 0.744. The SMILES string of the molecule is COC(=O)CCC(=O)OC(Cl)C(Cl)Cl. The van der Waals surface area contributed by atoms with Gasteiger partial charge in [0.05, 0.1) is 20.0 Å². The van der Waals surface area contributed by atoms with Gasteiger partial charge in [0.2, 0.25) is 5.56 Å². The van der Waals surface area contributed by atoms with Gasteiger partial charge in [0, 0.05) is 0 Å². The number of methoxy groups -OCH3 is 1. The van der Waals surface area contributed by atoms with Crippen LogP contribution < -0.4 is 0 Å². The number of rotatable bonds is 5. The van der Waals surface area contributed by atoms with Crippen molar-refractivity contribution in [3.05, 3.63) is 0 Å². The van der Waals surface area contributed by atoms with Crippen LogP contribution in [0.1, 0.15) is 12.8 Å². The minimum Gasteiger partial charge on any atom is -0.469 e. The molecule has 0 saturated heterocycles. The van der Waals surface area contributed by atoms with Gasteiger partial charge >= 0.3 is 11.9 Å². The Kier molecular flexibility index (Phi) is 7.05. The van der Waals surface area contributed by atoms with Gasteiger partial charge < -0.3 is 9.47 Å². The van der Waals surface area contributed by atoms with Crippen LogP contribution in [0, 0.1) is 0 Å². The number of hydrogen-bond donors (Lipinski definition) is 0. The van der Waals surface area contributed by atoms with Crippen LogP contribution in [0.5, 0.6) is 0 Å². The van der Waals surface area contributed by atoms with Crippen molar-refractivity contribution < 1.29 is 19.1 Å². The number of hydrogen-bond acceptors (Lipinski definition) is 4. The summed E-state index contributed by atoms with van der Waals surface area (Å²) in [7, 11) is 1.23. The van der Waals surface area contributed by atoms with E-state index in [1.807, 2.05) is 0 Å². The number of esters is 2. The molecule has 0 fully saturated rings. The van der Waals surface area contributed by atoms with Gasteiger partial charge in [-0.25, -0.2) is 0 Å². The molecule has 0 bridgehead atoms. The first-order valence-electron chi connectivity index (χ1n) is 3.66. The van der Waals surface area contributed by atoms with Gasteiger partial charge in [-0.2, -0.15) is 0 Å². The molecule has 0 saturated carbocycles. The number of carbonyl (C=O) groups excluding carboxylic acids is 2. The minimum absolute atomic E-state index is 0.0613. The summed E-state index contributed by atoms with van der Waals surface area (Å²) in [5, 5.41) is 0. The molecule has 14 heavy (non-hydrogen) atoms. The molecule has 0 radical (unpaired) electrons. The van der Waals surface area contributed by atoms with E-state index in [1.165, 1.54) is 7.11 Å². The minimum atomic E-state index is -1.11. The predicted octanol–water partition coefficient (Wildman–Crippen LogP) is 1.85. The topological polar surface area (TPSA) is 52.6 Å². The van der Waals surface area contributed by atoms with Crippen LogP contribution in [0.4, 0.5) is 0 Å². The van der Waals surface area contributed by atoms with Crippen LogP contribution in [-0.4, -0.2) is 29.4 Å². The molecule has 0 aromatic heterocycles. The average Bonchev–Trinajstić information content (AvgIpc) is 2.13. The number of carbonyl (C=O) groups is 2. The van der Waals surface area contributed by atoms with Crippen molar-refractivity contribution in [1.29, 1.82) is 0 Å². The van der Waals surface area contributed by atoms with Crippen molar-refractivity contribution in [3.8, 4) is 0 Å². The summed E-state index contributed by atoms with van der Waals surface area (Å²) in [5.74, 6) is -1.15. The molecule has 0 aromatic carbocycles. The number of halogens is 3. The van der Waals surface area contributed by atoms with Crippen LogP contribution in [0.25, 0.3) is 0 Å². The number of alkyl halides is 3. The molecule has 4 nitrogen and oxygen atoms in total. The first-order chi connectivity index (χ1) is 6.47. The summed E-state index contributed by atoms with van der Waals surface area (Å²) in [4.78, 5) is 20.6. The lowest BCUT2D eigenvalue weighted by atomic mass is 10.3. The van der Waals surface area contributed by atoms with Crippen LogP contribution in [0.15, 0.2) is 0 Å². The smallest absolute Gasteiger partial charge is 0.307 e. The van der Waals surface area contributed by atoms with E-state index >= 15 is 0 Å². The number of ether oxygens (including phenoxy) is 2. The third kappa shape index (κ3) is 6.29. The van der Waals surface area contributed by atoms with Crippen LogP contribution in [-0.2, 0) is 19.1 Å². The molecule has 7 heteroatoms. The molecule has 82 valence electrons. The maximum atomic E-state index is 10.9. The normalized spacial score (nSPS) is 12.4. The van der Waals surface area contributed by atoms with Crippen molar-refractivity contribution in [3.63, 3.8) is 0 Å². The summed E-state index contributed by atoms with van der Waals surface area (Å²) >= 11 is 16.1. The van der Waals surface area contributed by atoms with Gasteiger partial charge in [-0.05, 0) is 0 Å². The Morgan fingerprint density at radius 2 is 1.64 bits per heavy atom.